The molecule has 0 heterocycles. The number of carbonyl (C=O) groups excluding carboxylic acids is 3. The fraction of sp³-hybridized carbons (Fsp3) is 0.805. The van der Waals surface area contributed by atoms with Crippen molar-refractivity contribution in [3.63, 3.8) is 0 Å². The third-order valence-corrected chi connectivity index (χ3v) is 16.2. The second-order valence-corrected chi connectivity index (χ2v) is 24.5. The number of carbonyl (C=O) groups is 3. The first kappa shape index (κ1) is 79.8. The van der Waals surface area contributed by atoms with Crippen molar-refractivity contribution in [1.82, 2.24) is 0 Å². The molecule has 0 saturated heterocycles. The normalized spacial score (nSPS) is 12.5. The maximum Gasteiger partial charge on any atom is 0.306 e. The molecular weight excluding hydrogens is 1020 g/mol. The van der Waals surface area contributed by atoms with Crippen LogP contribution >= 0.6 is 0 Å². The van der Waals surface area contributed by atoms with Crippen LogP contribution in [0.25, 0.3) is 0 Å². The molecule has 0 fully saturated rings. The average Bonchev–Trinajstić information content (AvgIpc) is 3.50. The van der Waals surface area contributed by atoms with Crippen molar-refractivity contribution >= 4 is 17.9 Å². The third-order valence-electron chi connectivity index (χ3n) is 16.2. The van der Waals surface area contributed by atoms with E-state index in [1.165, 1.54) is 244 Å². The van der Waals surface area contributed by atoms with E-state index in [2.05, 4.69) is 93.7 Å². The largest absolute Gasteiger partial charge is 0.462 e. The summed E-state index contributed by atoms with van der Waals surface area (Å²) in [5.41, 5.74) is 0. The van der Waals surface area contributed by atoms with Crippen LogP contribution < -0.4 is 0 Å². The number of hydrogen-bond acceptors (Lipinski definition) is 6. The molecular formula is C77H138O6. The molecule has 0 aliphatic carbocycles. The van der Waals surface area contributed by atoms with E-state index in [-0.39, 0.29) is 31.1 Å². The molecule has 6 nitrogen and oxygen atoms in total. The van der Waals surface area contributed by atoms with Crippen LogP contribution in [0, 0.1) is 0 Å². The van der Waals surface area contributed by atoms with Gasteiger partial charge in [-0.15, -0.1) is 0 Å². The van der Waals surface area contributed by atoms with Gasteiger partial charge in [0.25, 0.3) is 0 Å². The van der Waals surface area contributed by atoms with Gasteiger partial charge in [0.15, 0.2) is 6.10 Å². The lowest BCUT2D eigenvalue weighted by atomic mass is 10.0. The molecule has 0 rings (SSSR count). The Labute approximate surface area is 516 Å². The van der Waals surface area contributed by atoms with Gasteiger partial charge in [0.1, 0.15) is 13.2 Å². The zero-order chi connectivity index (χ0) is 59.9. The summed E-state index contributed by atoms with van der Waals surface area (Å²) in [6, 6.07) is 0. The predicted octanol–water partition coefficient (Wildman–Crippen LogP) is 25.2. The summed E-state index contributed by atoms with van der Waals surface area (Å²) >= 11 is 0. The molecule has 0 aliphatic heterocycles. The zero-order valence-corrected chi connectivity index (χ0v) is 55.5. The summed E-state index contributed by atoms with van der Waals surface area (Å²) in [6.07, 6.45) is 93.6. The van der Waals surface area contributed by atoms with Crippen LogP contribution in [0.5, 0.6) is 0 Å². The van der Waals surface area contributed by atoms with Crippen molar-refractivity contribution < 1.29 is 28.6 Å². The van der Waals surface area contributed by atoms with Gasteiger partial charge < -0.3 is 14.2 Å². The topological polar surface area (TPSA) is 78.9 Å². The molecule has 0 radical (unpaired) electrons. The van der Waals surface area contributed by atoms with E-state index in [4.69, 9.17) is 14.2 Å². The summed E-state index contributed by atoms with van der Waals surface area (Å²) in [5.74, 6) is -0.857. The first-order chi connectivity index (χ1) is 41.0. The van der Waals surface area contributed by atoms with Gasteiger partial charge in [0.2, 0.25) is 0 Å². The van der Waals surface area contributed by atoms with E-state index in [1.54, 1.807) is 0 Å². The molecule has 0 aromatic carbocycles. The van der Waals surface area contributed by atoms with E-state index >= 15 is 0 Å². The van der Waals surface area contributed by atoms with Gasteiger partial charge in [-0.05, 0) is 89.9 Å². The third kappa shape index (κ3) is 69.5. The summed E-state index contributed by atoms with van der Waals surface area (Å²) in [5, 5.41) is 0. The minimum Gasteiger partial charge on any atom is -0.462 e. The van der Waals surface area contributed by atoms with Gasteiger partial charge in [-0.25, -0.2) is 0 Å². The minimum absolute atomic E-state index is 0.0740. The van der Waals surface area contributed by atoms with Crippen molar-refractivity contribution in [2.75, 3.05) is 13.2 Å². The van der Waals surface area contributed by atoms with Crippen molar-refractivity contribution in [2.24, 2.45) is 0 Å². The Hall–Kier alpha value is -3.15. The SMILES string of the molecule is CC/C=C\C/C=C\C/C=C\C/C=C\CCCCCCCCCCC(=O)OC(COC(=O)CCCCCCCCCCCCCCCCC/C=C\C/C=C\CCCCCCC)COC(=O)CCCCCCCCCCCCCCCCCCC. The monoisotopic (exact) mass is 1160 g/mol. The van der Waals surface area contributed by atoms with Crippen molar-refractivity contribution in [3.8, 4) is 0 Å². The summed E-state index contributed by atoms with van der Waals surface area (Å²) in [7, 11) is 0. The van der Waals surface area contributed by atoms with Crippen LogP contribution in [0.1, 0.15) is 380 Å². The molecule has 0 aliphatic rings. The number of allylic oxidation sites excluding steroid dienone is 12. The van der Waals surface area contributed by atoms with Crippen molar-refractivity contribution in [2.45, 2.75) is 386 Å². The number of hydrogen-bond donors (Lipinski definition) is 0. The molecule has 0 bridgehead atoms. The van der Waals surface area contributed by atoms with Crippen LogP contribution in [-0.4, -0.2) is 37.2 Å². The predicted molar refractivity (Wildman–Crippen MR) is 362 cm³/mol. The molecule has 1 atom stereocenters. The van der Waals surface area contributed by atoms with Gasteiger partial charge in [-0.3, -0.25) is 14.4 Å². The summed E-state index contributed by atoms with van der Waals surface area (Å²) < 4.78 is 17.0. The lowest BCUT2D eigenvalue weighted by molar-refractivity contribution is -0.167. The zero-order valence-electron chi connectivity index (χ0n) is 55.5. The van der Waals surface area contributed by atoms with Crippen LogP contribution in [-0.2, 0) is 28.6 Å². The highest BCUT2D eigenvalue weighted by atomic mass is 16.6. The van der Waals surface area contributed by atoms with Crippen molar-refractivity contribution in [1.29, 1.82) is 0 Å². The van der Waals surface area contributed by atoms with Gasteiger partial charge in [0.05, 0.1) is 0 Å². The number of ether oxygens (including phenoxy) is 3. The minimum atomic E-state index is -0.780. The standard InChI is InChI=1S/C77H138O6/c1-4-7-10-13-16-19-22-25-28-31-33-35-36-37-38-39-40-42-43-46-49-52-55-58-61-64-67-70-76(79)82-73-74(72-81-75(78)69-66-63-60-57-54-51-48-45-30-27-24-21-18-15-12-9-6-3)83-77(80)71-68-65-62-59-56-53-50-47-44-41-34-32-29-26-23-20-17-14-11-8-5-2/h8,11,17,20,22,25-26,29,31,33-34,41,74H,4-7,9-10,12-16,18-19,21,23-24,27-28,30,32,35-40,42-73H2,1-3H3/b11-8-,20-17-,25-22-,29-26-,33-31-,41-34-. The fourth-order valence-electron chi connectivity index (χ4n) is 10.8. The lowest BCUT2D eigenvalue weighted by Crippen LogP contribution is -2.30. The highest BCUT2D eigenvalue weighted by Gasteiger charge is 2.19. The maximum atomic E-state index is 13.0. The Bertz CT molecular complexity index is 1520. The molecule has 0 saturated carbocycles. The van der Waals surface area contributed by atoms with Gasteiger partial charge in [-0.1, -0.05) is 344 Å². The van der Waals surface area contributed by atoms with Gasteiger partial charge >= 0.3 is 17.9 Å². The maximum absolute atomic E-state index is 13.0. The highest BCUT2D eigenvalue weighted by Crippen LogP contribution is 2.18. The van der Waals surface area contributed by atoms with Gasteiger partial charge in [0, 0.05) is 19.3 Å². The van der Waals surface area contributed by atoms with Crippen LogP contribution in [0.2, 0.25) is 0 Å². The van der Waals surface area contributed by atoms with Crippen LogP contribution in [0.3, 0.4) is 0 Å². The Morgan fingerprint density at radius 2 is 0.470 bits per heavy atom. The Morgan fingerprint density at radius 3 is 0.735 bits per heavy atom. The second-order valence-electron chi connectivity index (χ2n) is 24.5. The Morgan fingerprint density at radius 1 is 0.253 bits per heavy atom. The Balaban J connectivity index is 4.30. The van der Waals surface area contributed by atoms with E-state index in [0.29, 0.717) is 19.3 Å². The molecule has 6 heteroatoms. The van der Waals surface area contributed by atoms with E-state index in [9.17, 15) is 14.4 Å². The highest BCUT2D eigenvalue weighted by molar-refractivity contribution is 5.71. The molecule has 0 aromatic rings. The average molecular weight is 1160 g/mol. The number of unbranched alkanes of at least 4 members (excludes halogenated alkanes) is 44. The smallest absolute Gasteiger partial charge is 0.306 e. The molecule has 0 amide bonds. The lowest BCUT2D eigenvalue weighted by Gasteiger charge is -2.18. The molecule has 1 unspecified atom stereocenters. The first-order valence-electron chi connectivity index (χ1n) is 36.4. The van der Waals surface area contributed by atoms with E-state index in [0.717, 1.165) is 96.3 Å². The molecule has 0 aromatic heterocycles. The van der Waals surface area contributed by atoms with Crippen LogP contribution in [0.15, 0.2) is 72.9 Å². The summed E-state index contributed by atoms with van der Waals surface area (Å²) in [6.45, 7) is 6.58. The molecule has 482 valence electrons. The Kier molecular flexibility index (Phi) is 68.6. The molecule has 83 heavy (non-hydrogen) atoms. The first-order valence-corrected chi connectivity index (χ1v) is 36.4. The van der Waals surface area contributed by atoms with E-state index < -0.39 is 6.10 Å². The number of esters is 3. The quantitative estimate of drug-likeness (QED) is 0.0261. The number of rotatable bonds is 67. The molecule has 0 N–H and O–H groups in total. The van der Waals surface area contributed by atoms with Gasteiger partial charge in [-0.2, -0.15) is 0 Å². The second kappa shape index (κ2) is 71.3. The fourth-order valence-corrected chi connectivity index (χ4v) is 10.8. The molecule has 0 spiro atoms. The summed E-state index contributed by atoms with van der Waals surface area (Å²) in [4.78, 5) is 38.5. The van der Waals surface area contributed by atoms with E-state index in [1.807, 2.05) is 0 Å². The van der Waals surface area contributed by atoms with Crippen LogP contribution in [0.4, 0.5) is 0 Å². The van der Waals surface area contributed by atoms with Crippen molar-refractivity contribution in [3.05, 3.63) is 72.9 Å².